The highest BCUT2D eigenvalue weighted by atomic mass is 16.5. The Morgan fingerprint density at radius 2 is 2.18 bits per heavy atom. The van der Waals surface area contributed by atoms with E-state index in [1.165, 1.54) is 0 Å². The molecular weight excluding hydrogens is 278 g/mol. The number of ether oxygens (including phenoxy) is 1. The number of hydrogen-bond donors (Lipinski definition) is 0. The van der Waals surface area contributed by atoms with Crippen LogP contribution < -0.4 is 4.74 Å². The van der Waals surface area contributed by atoms with E-state index in [1.807, 2.05) is 14.0 Å². The van der Waals surface area contributed by atoms with Gasteiger partial charge < -0.3 is 9.64 Å². The lowest BCUT2D eigenvalue weighted by Gasteiger charge is -2.29. The summed E-state index contributed by atoms with van der Waals surface area (Å²) in [5.41, 5.74) is 2.05. The van der Waals surface area contributed by atoms with Crippen molar-refractivity contribution in [2.45, 2.75) is 45.1 Å². The molecule has 2 atom stereocenters. The van der Waals surface area contributed by atoms with Crippen molar-refractivity contribution in [3.8, 4) is 5.88 Å². The average molecular weight is 303 g/mol. The Morgan fingerprint density at radius 1 is 1.36 bits per heavy atom. The number of carbonyl (C=O) groups is 1. The van der Waals surface area contributed by atoms with Gasteiger partial charge in [-0.25, -0.2) is 4.68 Å². The second kappa shape index (κ2) is 6.15. The number of allylic oxidation sites excluding steroid dienone is 2. The molecule has 3 rings (SSSR count). The van der Waals surface area contributed by atoms with Crippen molar-refractivity contribution in [1.29, 1.82) is 0 Å². The summed E-state index contributed by atoms with van der Waals surface area (Å²) in [6, 6.07) is 0.113. The van der Waals surface area contributed by atoms with Crippen LogP contribution in [0.4, 0.5) is 0 Å². The Labute approximate surface area is 131 Å². The van der Waals surface area contributed by atoms with Gasteiger partial charge in [-0.3, -0.25) is 4.79 Å². The lowest BCUT2D eigenvalue weighted by Crippen LogP contribution is -2.36. The van der Waals surface area contributed by atoms with Gasteiger partial charge in [-0.1, -0.05) is 12.2 Å². The molecule has 120 valence electrons. The summed E-state index contributed by atoms with van der Waals surface area (Å²) in [6.45, 7) is 2.85. The lowest BCUT2D eigenvalue weighted by atomic mass is 9.92. The maximum Gasteiger partial charge on any atom is 0.226 e. The Balaban J connectivity index is 1.87. The van der Waals surface area contributed by atoms with Gasteiger partial charge in [0, 0.05) is 19.5 Å². The lowest BCUT2D eigenvalue weighted by molar-refractivity contribution is -0.136. The minimum Gasteiger partial charge on any atom is -0.481 e. The van der Waals surface area contributed by atoms with E-state index in [2.05, 4.69) is 22.2 Å². The molecule has 1 aromatic heterocycles. The van der Waals surface area contributed by atoms with Crippen LogP contribution in [0, 0.1) is 12.8 Å². The summed E-state index contributed by atoms with van der Waals surface area (Å²) in [7, 11) is 3.56. The maximum atomic E-state index is 12.9. The molecule has 1 fully saturated rings. The van der Waals surface area contributed by atoms with Gasteiger partial charge in [-0.05, 0) is 39.0 Å². The van der Waals surface area contributed by atoms with Crippen molar-refractivity contribution in [3.63, 3.8) is 0 Å². The van der Waals surface area contributed by atoms with Gasteiger partial charge in [0.15, 0.2) is 0 Å². The molecule has 1 aliphatic carbocycles. The molecular formula is C17H25N3O2. The summed E-state index contributed by atoms with van der Waals surface area (Å²) in [4.78, 5) is 15.0. The largest absolute Gasteiger partial charge is 0.481 e. The molecule has 5 heteroatoms. The minimum absolute atomic E-state index is 0.113. The molecule has 0 spiro atoms. The molecule has 0 saturated carbocycles. The molecule has 0 unspecified atom stereocenters. The average Bonchev–Trinajstić information content (AvgIpc) is 3.10. The summed E-state index contributed by atoms with van der Waals surface area (Å²) < 4.78 is 7.31. The van der Waals surface area contributed by atoms with Crippen molar-refractivity contribution >= 4 is 5.91 Å². The minimum atomic E-state index is 0.113. The molecule has 2 heterocycles. The van der Waals surface area contributed by atoms with Crippen LogP contribution in [0.2, 0.25) is 0 Å². The molecule has 0 radical (unpaired) electrons. The fraction of sp³-hybridized carbons (Fsp3) is 0.647. The number of hydrogen-bond acceptors (Lipinski definition) is 3. The first-order valence-corrected chi connectivity index (χ1v) is 8.16. The smallest absolute Gasteiger partial charge is 0.226 e. The Kier molecular flexibility index (Phi) is 4.23. The van der Waals surface area contributed by atoms with Gasteiger partial charge in [0.25, 0.3) is 0 Å². The number of nitrogens with zero attached hydrogens (tertiary/aromatic N) is 3. The Bertz CT molecular complexity index is 591. The third kappa shape index (κ3) is 2.53. The van der Waals surface area contributed by atoms with Gasteiger partial charge in [0.05, 0.1) is 24.4 Å². The first kappa shape index (κ1) is 15.1. The molecule has 2 aliphatic rings. The first-order chi connectivity index (χ1) is 10.6. The van der Waals surface area contributed by atoms with Gasteiger partial charge in [-0.2, -0.15) is 5.10 Å². The number of amides is 1. The van der Waals surface area contributed by atoms with E-state index >= 15 is 0 Å². The van der Waals surface area contributed by atoms with E-state index in [4.69, 9.17) is 4.74 Å². The summed E-state index contributed by atoms with van der Waals surface area (Å²) in [5, 5.41) is 4.48. The molecule has 1 aliphatic heterocycles. The highest BCUT2D eigenvalue weighted by molar-refractivity contribution is 5.80. The molecule has 0 N–H and O–H groups in total. The van der Waals surface area contributed by atoms with Crippen molar-refractivity contribution in [2.24, 2.45) is 13.0 Å². The second-order valence-electron chi connectivity index (χ2n) is 6.30. The van der Waals surface area contributed by atoms with E-state index in [0.29, 0.717) is 5.91 Å². The van der Waals surface area contributed by atoms with Crippen molar-refractivity contribution < 1.29 is 9.53 Å². The molecule has 1 aromatic rings. The SMILES string of the molecule is COc1c([C@H]2CCCN2C(=O)[C@@H]2CC=CCC2)c(C)nn1C. The fourth-order valence-corrected chi connectivity index (χ4v) is 3.86. The predicted molar refractivity (Wildman–Crippen MR) is 84.7 cm³/mol. The summed E-state index contributed by atoms with van der Waals surface area (Å²) >= 11 is 0. The van der Waals surface area contributed by atoms with Gasteiger partial charge in [-0.15, -0.1) is 0 Å². The topological polar surface area (TPSA) is 47.4 Å². The highest BCUT2D eigenvalue weighted by Gasteiger charge is 2.37. The van der Waals surface area contributed by atoms with E-state index in [9.17, 15) is 4.79 Å². The molecule has 0 bridgehead atoms. The number of carbonyl (C=O) groups excluding carboxylic acids is 1. The quantitative estimate of drug-likeness (QED) is 0.807. The number of likely N-dealkylation sites (tertiary alicyclic amines) is 1. The Hall–Kier alpha value is -1.78. The van der Waals surface area contributed by atoms with Crippen molar-refractivity contribution in [1.82, 2.24) is 14.7 Å². The Morgan fingerprint density at radius 3 is 2.86 bits per heavy atom. The number of aromatic nitrogens is 2. The van der Waals surface area contributed by atoms with Crippen LogP contribution in [0.25, 0.3) is 0 Å². The molecule has 0 aromatic carbocycles. The first-order valence-electron chi connectivity index (χ1n) is 8.16. The van der Waals surface area contributed by atoms with E-state index in [0.717, 1.165) is 55.8 Å². The predicted octanol–water partition coefficient (Wildman–Crippen LogP) is 2.76. The third-order valence-corrected chi connectivity index (χ3v) is 4.89. The maximum absolute atomic E-state index is 12.9. The highest BCUT2D eigenvalue weighted by Crippen LogP contribution is 2.40. The van der Waals surface area contributed by atoms with E-state index in [1.54, 1.807) is 11.8 Å². The van der Waals surface area contributed by atoms with Gasteiger partial charge in [0.1, 0.15) is 0 Å². The molecule has 1 saturated heterocycles. The molecule has 22 heavy (non-hydrogen) atoms. The van der Waals surface area contributed by atoms with Crippen LogP contribution in [-0.4, -0.2) is 34.2 Å². The number of methoxy groups -OCH3 is 1. The van der Waals surface area contributed by atoms with Crippen LogP contribution in [0.15, 0.2) is 12.2 Å². The van der Waals surface area contributed by atoms with Crippen LogP contribution in [0.5, 0.6) is 5.88 Å². The monoisotopic (exact) mass is 303 g/mol. The van der Waals surface area contributed by atoms with E-state index in [-0.39, 0.29) is 12.0 Å². The fourth-order valence-electron chi connectivity index (χ4n) is 3.86. The van der Waals surface area contributed by atoms with Crippen LogP contribution in [0.1, 0.15) is 49.4 Å². The van der Waals surface area contributed by atoms with Gasteiger partial charge >= 0.3 is 0 Å². The molecule has 5 nitrogen and oxygen atoms in total. The summed E-state index contributed by atoms with van der Waals surface area (Å²) in [6.07, 6.45) is 9.25. The third-order valence-electron chi connectivity index (χ3n) is 4.89. The van der Waals surface area contributed by atoms with Crippen molar-refractivity contribution in [2.75, 3.05) is 13.7 Å². The number of rotatable bonds is 3. The van der Waals surface area contributed by atoms with Gasteiger partial charge in [0.2, 0.25) is 11.8 Å². The summed E-state index contributed by atoms with van der Waals surface area (Å²) in [5.74, 6) is 1.23. The van der Waals surface area contributed by atoms with Crippen molar-refractivity contribution in [3.05, 3.63) is 23.4 Å². The zero-order valence-electron chi connectivity index (χ0n) is 13.7. The number of aryl methyl sites for hydroxylation is 2. The molecule has 1 amide bonds. The second-order valence-corrected chi connectivity index (χ2v) is 6.30. The van der Waals surface area contributed by atoms with Crippen LogP contribution in [-0.2, 0) is 11.8 Å². The van der Waals surface area contributed by atoms with Crippen LogP contribution in [0.3, 0.4) is 0 Å². The zero-order valence-corrected chi connectivity index (χ0v) is 13.7. The van der Waals surface area contributed by atoms with E-state index < -0.39 is 0 Å². The van der Waals surface area contributed by atoms with Crippen LogP contribution >= 0.6 is 0 Å². The zero-order chi connectivity index (χ0) is 15.7. The normalized spacial score (nSPS) is 24.8. The standard InChI is InChI=1S/C17H25N3O2/c1-12-15(17(22-3)19(2)18-12)14-10-7-11-20(14)16(21)13-8-5-4-6-9-13/h4-5,13-14H,6-11H2,1-3H3/t13-,14-/m1/s1.